The van der Waals surface area contributed by atoms with Crippen LogP contribution < -0.4 is 0 Å². The van der Waals surface area contributed by atoms with Gasteiger partial charge in [0.1, 0.15) is 6.61 Å². The van der Waals surface area contributed by atoms with Crippen LogP contribution in [0.4, 0.5) is 0 Å². The summed E-state index contributed by atoms with van der Waals surface area (Å²) < 4.78 is 10.5. The van der Waals surface area contributed by atoms with E-state index in [1.54, 1.807) is 0 Å². The second kappa shape index (κ2) is 37.4. The number of hydrogen-bond acceptors (Lipinski definition) is 5. The van der Waals surface area contributed by atoms with Crippen LogP contribution in [0, 0.1) is 0 Å². The molecule has 0 aromatic carbocycles. The molecule has 0 spiro atoms. The Morgan fingerprint density at radius 1 is 0.422 bits per heavy atom. The van der Waals surface area contributed by atoms with Crippen molar-refractivity contribution in [3.05, 3.63) is 0 Å². The zero-order valence-corrected chi connectivity index (χ0v) is 30.4. The van der Waals surface area contributed by atoms with Gasteiger partial charge < -0.3 is 14.6 Å². The van der Waals surface area contributed by atoms with Crippen LogP contribution in [0.2, 0.25) is 0 Å². The predicted molar refractivity (Wildman–Crippen MR) is 192 cm³/mol. The molecule has 0 aliphatic rings. The van der Waals surface area contributed by atoms with Crippen LogP contribution in [0.15, 0.2) is 0 Å². The predicted octanol–water partition coefficient (Wildman–Crippen LogP) is 12.3. The van der Waals surface area contributed by atoms with E-state index in [0.717, 1.165) is 38.5 Å². The highest BCUT2D eigenvalue weighted by molar-refractivity contribution is 5.70. The van der Waals surface area contributed by atoms with Crippen molar-refractivity contribution in [1.29, 1.82) is 0 Å². The van der Waals surface area contributed by atoms with Gasteiger partial charge in [0.15, 0.2) is 6.10 Å². The van der Waals surface area contributed by atoms with Gasteiger partial charge in [0.25, 0.3) is 0 Å². The zero-order valence-electron chi connectivity index (χ0n) is 30.4. The van der Waals surface area contributed by atoms with Crippen molar-refractivity contribution in [2.45, 2.75) is 232 Å². The van der Waals surface area contributed by atoms with Crippen molar-refractivity contribution < 1.29 is 24.2 Å². The molecule has 0 aromatic heterocycles. The lowest BCUT2D eigenvalue weighted by molar-refractivity contribution is -0.161. The number of hydrogen-bond donors (Lipinski definition) is 1. The van der Waals surface area contributed by atoms with E-state index in [1.165, 1.54) is 161 Å². The molecule has 0 aliphatic heterocycles. The van der Waals surface area contributed by atoms with Crippen molar-refractivity contribution in [1.82, 2.24) is 0 Å². The molecule has 5 nitrogen and oxygen atoms in total. The van der Waals surface area contributed by atoms with Crippen LogP contribution in [-0.2, 0) is 19.1 Å². The summed E-state index contributed by atoms with van der Waals surface area (Å²) in [4.78, 5) is 24.1. The highest BCUT2D eigenvalue weighted by Crippen LogP contribution is 2.16. The van der Waals surface area contributed by atoms with Gasteiger partial charge in [-0.2, -0.15) is 0 Å². The van der Waals surface area contributed by atoms with E-state index in [-0.39, 0.29) is 25.2 Å². The van der Waals surface area contributed by atoms with Crippen LogP contribution in [0.1, 0.15) is 226 Å². The summed E-state index contributed by atoms with van der Waals surface area (Å²) in [5, 5.41) is 9.50. The quantitative estimate of drug-likeness (QED) is 0.0541. The minimum absolute atomic E-state index is 0.0585. The third-order valence-electron chi connectivity index (χ3n) is 9.15. The summed E-state index contributed by atoms with van der Waals surface area (Å²) >= 11 is 0. The lowest BCUT2D eigenvalue weighted by Crippen LogP contribution is -2.28. The Bertz CT molecular complexity index is 607. The summed E-state index contributed by atoms with van der Waals surface area (Å²) in [5.74, 6) is -0.584. The molecule has 1 N–H and O–H groups in total. The standard InChI is InChI=1S/C40H78O5/c1-3-5-7-9-11-12-13-14-15-16-17-18-19-20-21-22-23-24-25-26-27-29-31-33-35-40(43)45-38(36-41)37-44-39(42)34-32-30-28-10-8-6-4-2/h38,41H,3-37H2,1-2H3. The van der Waals surface area contributed by atoms with Gasteiger partial charge in [-0.3, -0.25) is 9.59 Å². The number of aliphatic hydroxyl groups excluding tert-OH is 1. The lowest BCUT2D eigenvalue weighted by atomic mass is 10.0. The van der Waals surface area contributed by atoms with Crippen molar-refractivity contribution in [3.63, 3.8) is 0 Å². The lowest BCUT2D eigenvalue weighted by Gasteiger charge is -2.15. The first-order chi connectivity index (χ1) is 22.1. The maximum absolute atomic E-state index is 12.1. The largest absolute Gasteiger partial charge is 0.462 e. The molecule has 268 valence electrons. The van der Waals surface area contributed by atoms with Crippen LogP contribution >= 0.6 is 0 Å². The second-order valence-corrected chi connectivity index (χ2v) is 13.7. The number of carbonyl (C=O) groups excluding carboxylic acids is 2. The molecular formula is C40H78O5. The van der Waals surface area contributed by atoms with Crippen molar-refractivity contribution in [2.75, 3.05) is 13.2 Å². The summed E-state index contributed by atoms with van der Waals surface area (Å²) in [6.45, 7) is 4.11. The average molecular weight is 639 g/mol. The molecule has 0 aliphatic carbocycles. The van der Waals surface area contributed by atoms with Crippen LogP contribution in [0.25, 0.3) is 0 Å². The minimum Gasteiger partial charge on any atom is -0.462 e. The number of rotatable bonds is 37. The fourth-order valence-electron chi connectivity index (χ4n) is 6.08. The Morgan fingerprint density at radius 3 is 0.978 bits per heavy atom. The van der Waals surface area contributed by atoms with Crippen molar-refractivity contribution >= 4 is 11.9 Å². The number of esters is 2. The highest BCUT2D eigenvalue weighted by atomic mass is 16.6. The van der Waals surface area contributed by atoms with Gasteiger partial charge in [0.2, 0.25) is 0 Å². The summed E-state index contributed by atoms with van der Waals surface area (Å²) in [6, 6.07) is 0. The van der Waals surface area contributed by atoms with Crippen molar-refractivity contribution in [3.8, 4) is 0 Å². The molecule has 0 bridgehead atoms. The van der Waals surface area contributed by atoms with E-state index in [0.29, 0.717) is 12.8 Å². The topological polar surface area (TPSA) is 72.8 Å². The van der Waals surface area contributed by atoms with E-state index in [1.807, 2.05) is 0 Å². The number of aliphatic hydroxyl groups is 1. The molecule has 0 amide bonds. The molecule has 0 saturated heterocycles. The Morgan fingerprint density at radius 2 is 0.689 bits per heavy atom. The minimum atomic E-state index is -0.759. The van der Waals surface area contributed by atoms with Crippen LogP contribution in [-0.4, -0.2) is 36.4 Å². The molecule has 0 heterocycles. The van der Waals surface area contributed by atoms with Gasteiger partial charge in [-0.25, -0.2) is 0 Å². The van der Waals surface area contributed by atoms with Gasteiger partial charge in [-0.05, 0) is 12.8 Å². The van der Waals surface area contributed by atoms with Gasteiger partial charge >= 0.3 is 11.9 Å². The first-order valence-electron chi connectivity index (χ1n) is 20.1. The molecule has 0 radical (unpaired) electrons. The fraction of sp³-hybridized carbons (Fsp3) is 0.950. The van der Waals surface area contributed by atoms with E-state index >= 15 is 0 Å². The molecule has 0 aromatic rings. The first kappa shape index (κ1) is 43.9. The molecule has 45 heavy (non-hydrogen) atoms. The molecule has 5 heteroatoms. The van der Waals surface area contributed by atoms with Gasteiger partial charge in [-0.1, -0.05) is 200 Å². The number of carbonyl (C=O) groups is 2. The summed E-state index contributed by atoms with van der Waals surface area (Å²) in [5.41, 5.74) is 0. The fourth-order valence-corrected chi connectivity index (χ4v) is 6.08. The monoisotopic (exact) mass is 639 g/mol. The third kappa shape index (κ3) is 35.6. The smallest absolute Gasteiger partial charge is 0.306 e. The Kier molecular flexibility index (Phi) is 36.4. The van der Waals surface area contributed by atoms with Crippen molar-refractivity contribution in [2.24, 2.45) is 0 Å². The highest BCUT2D eigenvalue weighted by Gasteiger charge is 2.16. The van der Waals surface area contributed by atoms with Crippen LogP contribution in [0.3, 0.4) is 0 Å². The zero-order chi connectivity index (χ0) is 32.9. The Balaban J connectivity index is 3.39. The van der Waals surface area contributed by atoms with Gasteiger partial charge in [0, 0.05) is 12.8 Å². The Hall–Kier alpha value is -1.10. The maximum Gasteiger partial charge on any atom is 0.306 e. The number of unbranched alkanes of at least 4 members (excludes halogenated alkanes) is 29. The SMILES string of the molecule is CCCCCCCCCCCCCCCCCCCCCCCCCCC(=O)OC(CO)COC(=O)CCCCCCCCC. The maximum atomic E-state index is 12.1. The van der Waals surface area contributed by atoms with E-state index in [4.69, 9.17) is 9.47 Å². The molecule has 0 saturated carbocycles. The average Bonchev–Trinajstić information content (AvgIpc) is 3.04. The van der Waals surface area contributed by atoms with E-state index in [9.17, 15) is 14.7 Å². The molecular weight excluding hydrogens is 560 g/mol. The Labute approximate surface area is 280 Å². The number of ether oxygens (including phenoxy) is 2. The van der Waals surface area contributed by atoms with Gasteiger partial charge in [-0.15, -0.1) is 0 Å². The third-order valence-corrected chi connectivity index (χ3v) is 9.15. The van der Waals surface area contributed by atoms with E-state index in [2.05, 4.69) is 13.8 Å². The van der Waals surface area contributed by atoms with Gasteiger partial charge in [0.05, 0.1) is 6.61 Å². The normalized spacial score (nSPS) is 12.0. The summed E-state index contributed by atoms with van der Waals surface area (Å²) in [7, 11) is 0. The first-order valence-corrected chi connectivity index (χ1v) is 20.1. The second-order valence-electron chi connectivity index (χ2n) is 13.7. The molecule has 1 unspecified atom stereocenters. The van der Waals surface area contributed by atoms with E-state index < -0.39 is 6.10 Å². The molecule has 0 fully saturated rings. The molecule has 0 rings (SSSR count). The molecule has 1 atom stereocenters. The van der Waals surface area contributed by atoms with Crippen LogP contribution in [0.5, 0.6) is 0 Å². The summed E-state index contributed by atoms with van der Waals surface area (Å²) in [6.07, 6.45) is 40.5.